The van der Waals surface area contributed by atoms with E-state index >= 15 is 0 Å². The maximum Gasteiger partial charge on any atom is 0.316 e. The number of nitrogens with one attached hydrogen (secondary N) is 1. The molecule has 1 aromatic carbocycles. The number of benzene rings is 1. The molecule has 0 bridgehead atoms. The lowest BCUT2D eigenvalue weighted by molar-refractivity contribution is 0.354. The number of methoxy groups -OCH3 is 1. The highest BCUT2D eigenvalue weighted by molar-refractivity contribution is 7.89. The summed E-state index contributed by atoms with van der Waals surface area (Å²) in [5.41, 5.74) is 1.22. The van der Waals surface area contributed by atoms with Crippen LogP contribution in [0.2, 0.25) is 0 Å². The van der Waals surface area contributed by atoms with Crippen molar-refractivity contribution in [1.29, 1.82) is 0 Å². The zero-order valence-corrected chi connectivity index (χ0v) is 14.9. The van der Waals surface area contributed by atoms with Gasteiger partial charge in [-0.3, -0.25) is 4.57 Å². The number of nitrogens with zero attached hydrogens (tertiary/aromatic N) is 5. The molecular weight excluding hydrogens is 352 g/mol. The second-order valence-electron chi connectivity index (χ2n) is 5.05. The molecule has 0 fully saturated rings. The van der Waals surface area contributed by atoms with Gasteiger partial charge >= 0.3 is 6.01 Å². The van der Waals surface area contributed by atoms with Gasteiger partial charge < -0.3 is 4.74 Å². The zero-order valence-electron chi connectivity index (χ0n) is 13.3. The first-order valence-corrected chi connectivity index (χ1v) is 9.39. The lowest BCUT2D eigenvalue weighted by atomic mass is 10.3. The van der Waals surface area contributed by atoms with Crippen LogP contribution in [0.25, 0.3) is 11.0 Å². The summed E-state index contributed by atoms with van der Waals surface area (Å²) in [5.74, 6) is 0.481. The molecule has 128 valence electrons. The number of sulfonamides is 1. The number of hydrogen-bond donors (Lipinski definition) is 1. The van der Waals surface area contributed by atoms with Crippen molar-refractivity contribution in [3.8, 4) is 6.01 Å². The van der Waals surface area contributed by atoms with E-state index in [-0.39, 0.29) is 4.90 Å². The van der Waals surface area contributed by atoms with Crippen molar-refractivity contribution in [3.05, 3.63) is 24.0 Å². The quantitative estimate of drug-likeness (QED) is 0.699. The fourth-order valence-electron chi connectivity index (χ4n) is 2.35. The van der Waals surface area contributed by atoms with Crippen molar-refractivity contribution in [1.82, 2.24) is 28.2 Å². The Morgan fingerprint density at radius 2 is 2.04 bits per heavy atom. The molecule has 0 unspecified atom stereocenters. The average Bonchev–Trinajstić information content (AvgIpc) is 3.19. The van der Waals surface area contributed by atoms with Crippen LogP contribution in [0.3, 0.4) is 0 Å². The van der Waals surface area contributed by atoms with Crippen molar-refractivity contribution < 1.29 is 13.2 Å². The topological polar surface area (TPSA) is 112 Å². The van der Waals surface area contributed by atoms with Crippen LogP contribution in [0, 0.1) is 0 Å². The predicted molar refractivity (Wildman–Crippen MR) is 88.4 cm³/mol. The molecule has 1 atom stereocenters. The molecule has 2 heterocycles. The second kappa shape index (κ2) is 6.42. The first-order valence-electron chi connectivity index (χ1n) is 7.18. The molecule has 0 saturated heterocycles. The van der Waals surface area contributed by atoms with Gasteiger partial charge in [0.25, 0.3) is 0 Å². The smallest absolute Gasteiger partial charge is 0.316 e. The lowest BCUT2D eigenvalue weighted by Crippen LogP contribution is -2.29. The molecule has 0 aliphatic heterocycles. The molecule has 0 radical (unpaired) electrons. The number of hydrogen-bond acceptors (Lipinski definition) is 8. The summed E-state index contributed by atoms with van der Waals surface area (Å²) in [7, 11) is -2.24. The van der Waals surface area contributed by atoms with E-state index in [1.54, 1.807) is 17.6 Å². The fourth-order valence-corrected chi connectivity index (χ4v) is 4.09. The molecule has 3 rings (SSSR count). The largest absolute Gasteiger partial charge is 0.467 e. The fraction of sp³-hybridized carbons (Fsp3) is 0.385. The first kappa shape index (κ1) is 16.7. The highest BCUT2D eigenvalue weighted by Gasteiger charge is 2.24. The minimum Gasteiger partial charge on any atom is -0.467 e. The van der Waals surface area contributed by atoms with E-state index in [4.69, 9.17) is 4.74 Å². The van der Waals surface area contributed by atoms with Crippen LogP contribution in [0.4, 0.5) is 0 Å². The van der Waals surface area contributed by atoms with Crippen LogP contribution < -0.4 is 9.46 Å². The van der Waals surface area contributed by atoms with Crippen molar-refractivity contribution in [3.63, 3.8) is 0 Å². The SMILES string of the molecule is CCn1c(OC)nnc1[C@@H](C)NS(=O)(=O)c1ccc2nsnc2c1. The third-order valence-electron chi connectivity index (χ3n) is 3.50. The van der Waals surface area contributed by atoms with E-state index in [1.807, 2.05) is 6.92 Å². The van der Waals surface area contributed by atoms with Gasteiger partial charge in [-0.2, -0.15) is 8.75 Å². The zero-order chi connectivity index (χ0) is 17.3. The van der Waals surface area contributed by atoms with E-state index in [0.29, 0.717) is 29.4 Å². The lowest BCUT2D eigenvalue weighted by Gasteiger charge is -2.15. The standard InChI is InChI=1S/C13H16N6O3S2/c1-4-19-12(14-15-13(19)22-3)8(2)18-24(20,21)9-5-6-10-11(7-9)17-23-16-10/h5-8,18H,4H2,1-3H3/t8-/m1/s1. The molecular formula is C13H16N6O3S2. The summed E-state index contributed by atoms with van der Waals surface area (Å²) in [6.45, 7) is 4.17. The summed E-state index contributed by atoms with van der Waals surface area (Å²) >= 11 is 1.04. The van der Waals surface area contributed by atoms with Gasteiger partial charge in [-0.25, -0.2) is 13.1 Å². The van der Waals surface area contributed by atoms with Crippen LogP contribution in [0.15, 0.2) is 23.1 Å². The average molecular weight is 368 g/mol. The Bertz CT molecular complexity index is 965. The number of rotatable bonds is 6. The van der Waals surface area contributed by atoms with Gasteiger partial charge in [-0.1, -0.05) is 5.10 Å². The van der Waals surface area contributed by atoms with E-state index in [0.717, 1.165) is 11.7 Å². The minimum atomic E-state index is -3.73. The van der Waals surface area contributed by atoms with Crippen LogP contribution in [-0.2, 0) is 16.6 Å². The molecule has 11 heteroatoms. The number of aromatic nitrogens is 5. The summed E-state index contributed by atoms with van der Waals surface area (Å²) in [6, 6.07) is 4.41. The Balaban J connectivity index is 1.89. The summed E-state index contributed by atoms with van der Waals surface area (Å²) < 4.78 is 42.8. The van der Waals surface area contributed by atoms with E-state index in [1.165, 1.54) is 19.2 Å². The molecule has 24 heavy (non-hydrogen) atoms. The Morgan fingerprint density at radius 1 is 1.29 bits per heavy atom. The van der Waals surface area contributed by atoms with Gasteiger partial charge in [0, 0.05) is 6.54 Å². The van der Waals surface area contributed by atoms with Crippen LogP contribution >= 0.6 is 11.7 Å². The Hall–Kier alpha value is -2.11. The monoisotopic (exact) mass is 368 g/mol. The van der Waals surface area contributed by atoms with Gasteiger partial charge in [-0.05, 0) is 32.0 Å². The predicted octanol–water partition coefficient (Wildman–Crippen LogP) is 1.35. The van der Waals surface area contributed by atoms with Gasteiger partial charge in [0.2, 0.25) is 10.0 Å². The van der Waals surface area contributed by atoms with Crippen LogP contribution in [-0.4, -0.2) is 39.0 Å². The molecule has 3 aromatic rings. The van der Waals surface area contributed by atoms with E-state index in [2.05, 4.69) is 23.7 Å². The molecule has 0 aliphatic carbocycles. The maximum absolute atomic E-state index is 12.6. The molecule has 9 nitrogen and oxygen atoms in total. The summed E-state index contributed by atoms with van der Waals surface area (Å²) in [6.07, 6.45) is 0. The van der Waals surface area contributed by atoms with Crippen molar-refractivity contribution in [2.45, 2.75) is 31.3 Å². The first-order chi connectivity index (χ1) is 11.5. The molecule has 0 amide bonds. The Labute approximate surface area is 143 Å². The van der Waals surface area contributed by atoms with Crippen molar-refractivity contribution in [2.24, 2.45) is 0 Å². The maximum atomic E-state index is 12.6. The molecule has 0 spiro atoms. The third kappa shape index (κ3) is 2.97. The number of fused-ring (bicyclic) bond motifs is 1. The van der Waals surface area contributed by atoms with Gasteiger partial charge in [0.15, 0.2) is 5.82 Å². The van der Waals surface area contributed by atoms with E-state index in [9.17, 15) is 8.42 Å². The highest BCUT2D eigenvalue weighted by Crippen LogP contribution is 2.21. The van der Waals surface area contributed by atoms with Gasteiger partial charge in [0.05, 0.1) is 29.8 Å². The Kier molecular flexibility index (Phi) is 4.47. The molecule has 2 aromatic heterocycles. The third-order valence-corrected chi connectivity index (χ3v) is 5.59. The number of ether oxygens (including phenoxy) is 1. The normalized spacial score (nSPS) is 13.3. The van der Waals surface area contributed by atoms with Crippen LogP contribution in [0.5, 0.6) is 6.01 Å². The van der Waals surface area contributed by atoms with Crippen LogP contribution in [0.1, 0.15) is 25.7 Å². The van der Waals surface area contributed by atoms with Crippen molar-refractivity contribution in [2.75, 3.05) is 7.11 Å². The Morgan fingerprint density at radius 3 is 2.75 bits per heavy atom. The molecule has 0 saturated carbocycles. The van der Waals surface area contributed by atoms with Gasteiger partial charge in [0.1, 0.15) is 11.0 Å². The van der Waals surface area contributed by atoms with Crippen molar-refractivity contribution >= 4 is 32.8 Å². The molecule has 1 N–H and O–H groups in total. The summed E-state index contributed by atoms with van der Waals surface area (Å²) in [4.78, 5) is 0.129. The second-order valence-corrected chi connectivity index (χ2v) is 7.29. The summed E-state index contributed by atoms with van der Waals surface area (Å²) in [5, 5.41) is 7.92. The van der Waals surface area contributed by atoms with Gasteiger partial charge in [-0.15, -0.1) is 5.10 Å². The highest BCUT2D eigenvalue weighted by atomic mass is 32.2. The van der Waals surface area contributed by atoms with E-state index < -0.39 is 16.1 Å². The molecule has 0 aliphatic rings. The minimum absolute atomic E-state index is 0.129.